The predicted molar refractivity (Wildman–Crippen MR) is 13.5 cm³/mol. The van der Waals surface area contributed by atoms with Gasteiger partial charge in [-0.2, -0.15) is 0 Å². The van der Waals surface area contributed by atoms with Crippen LogP contribution in [0, 0.1) is 0 Å². The van der Waals surface area contributed by atoms with E-state index in [9.17, 15) is 0 Å². The largest absolute Gasteiger partial charge is 1.00 e. The van der Waals surface area contributed by atoms with Gasteiger partial charge >= 0.3 is 45.0 Å². The second-order valence-corrected chi connectivity index (χ2v) is 0.346. The average molecular weight is 112 g/mol. The number of hydrogen-bond acceptors (Lipinski definition) is 3. The van der Waals surface area contributed by atoms with E-state index >= 15 is 0 Å². The van der Waals surface area contributed by atoms with Gasteiger partial charge in [-0.15, -0.1) is 0 Å². The summed E-state index contributed by atoms with van der Waals surface area (Å²) in [4.78, 5) is 0. The summed E-state index contributed by atoms with van der Waals surface area (Å²) < 4.78 is 0. The molecule has 0 heterocycles. The standard InChI is InChI=1S/BH3O3.ClH.2Li.H/c2-1(3)4;;;;/h2-4H;1H;;;/q;;2*+1;-1/p-1. The van der Waals surface area contributed by atoms with Crippen molar-refractivity contribution in [3.63, 3.8) is 0 Å². The van der Waals surface area contributed by atoms with Crippen LogP contribution in [0.2, 0.25) is 0 Å². The maximum absolute atomic E-state index is 7.17. The van der Waals surface area contributed by atoms with E-state index < -0.39 is 7.32 Å². The fraction of sp³-hybridized carbons (Fsp3) is 0. The van der Waals surface area contributed by atoms with Gasteiger partial charge < -0.3 is 28.9 Å². The van der Waals surface area contributed by atoms with Crippen LogP contribution < -0.4 is 50.1 Å². The molecule has 0 unspecified atom stereocenters. The van der Waals surface area contributed by atoms with E-state index in [-0.39, 0.29) is 51.6 Å². The van der Waals surface area contributed by atoms with Gasteiger partial charge in [0, 0.05) is 0 Å². The Morgan fingerprint density at radius 2 is 1.00 bits per heavy atom. The molecule has 0 atom stereocenters. The molecular weight excluding hydrogens is 108 g/mol. The molecule has 0 radical (unpaired) electrons. The van der Waals surface area contributed by atoms with Gasteiger partial charge in [0.2, 0.25) is 0 Å². The average Bonchev–Trinajstić information content (AvgIpc) is 0.811. The Morgan fingerprint density at radius 1 is 1.00 bits per heavy atom. The van der Waals surface area contributed by atoms with Gasteiger partial charge in [0.1, 0.15) is 0 Å². The van der Waals surface area contributed by atoms with E-state index in [2.05, 4.69) is 0 Å². The second kappa shape index (κ2) is 15.7. The topological polar surface area (TPSA) is 60.7 Å². The summed E-state index contributed by atoms with van der Waals surface area (Å²) in [6.45, 7) is 0. The third kappa shape index (κ3) is 107. The van der Waals surface area contributed by atoms with Gasteiger partial charge in [0.15, 0.2) is 0 Å². The molecule has 0 aliphatic heterocycles. The molecule has 0 aromatic carbocycles. The first-order valence-electron chi connectivity index (χ1n) is 0.775. The van der Waals surface area contributed by atoms with Crippen LogP contribution >= 0.6 is 0 Å². The Morgan fingerprint density at radius 3 is 1.00 bits per heavy atom. The summed E-state index contributed by atoms with van der Waals surface area (Å²) in [5.74, 6) is 0. The van der Waals surface area contributed by atoms with Crippen LogP contribution in [-0.4, -0.2) is 22.4 Å². The first kappa shape index (κ1) is 23.7. The minimum absolute atomic E-state index is 0. The van der Waals surface area contributed by atoms with Crippen LogP contribution in [0.4, 0.5) is 0 Å². The summed E-state index contributed by atoms with van der Waals surface area (Å²) in [5, 5.41) is 21.5. The number of hydrogen-bond donors (Lipinski definition) is 3. The summed E-state index contributed by atoms with van der Waals surface area (Å²) in [6.07, 6.45) is 0. The molecule has 0 aliphatic rings. The Bertz CT molecular complexity index is 22.0. The van der Waals surface area contributed by atoms with Crippen LogP contribution in [-0.2, 0) is 0 Å². The summed E-state index contributed by atoms with van der Waals surface area (Å²) in [5.41, 5.74) is 0. The van der Waals surface area contributed by atoms with Crippen molar-refractivity contribution in [2.24, 2.45) is 0 Å². The minimum Gasteiger partial charge on any atom is -1.00 e. The molecular formula is H4BClLi2O3. The van der Waals surface area contributed by atoms with Gasteiger partial charge in [-0.3, -0.25) is 0 Å². The van der Waals surface area contributed by atoms with Gasteiger partial charge in [0.25, 0.3) is 0 Å². The molecule has 0 bridgehead atoms. The molecule has 0 saturated heterocycles. The Kier molecular flexibility index (Phi) is 53.0. The van der Waals surface area contributed by atoms with Crippen LogP contribution in [0.1, 0.15) is 1.43 Å². The molecule has 3 N–H and O–H groups in total. The van der Waals surface area contributed by atoms with Crippen molar-refractivity contribution in [2.45, 2.75) is 0 Å². The van der Waals surface area contributed by atoms with Crippen LogP contribution in [0.15, 0.2) is 0 Å². The molecule has 7 heavy (non-hydrogen) atoms. The van der Waals surface area contributed by atoms with E-state index in [1.54, 1.807) is 0 Å². The smallest absolute Gasteiger partial charge is 1.00 e. The molecule has 3 nitrogen and oxygen atoms in total. The quantitative estimate of drug-likeness (QED) is 0.273. The first-order valence-corrected chi connectivity index (χ1v) is 0.775. The fourth-order valence-corrected chi connectivity index (χ4v) is 0. The monoisotopic (exact) mass is 112 g/mol. The third-order valence-electron chi connectivity index (χ3n) is 0. The van der Waals surface area contributed by atoms with E-state index in [0.29, 0.717) is 0 Å². The maximum atomic E-state index is 7.17. The molecule has 0 fully saturated rings. The van der Waals surface area contributed by atoms with Gasteiger partial charge in [-0.05, 0) is 0 Å². The zero-order valence-electron chi connectivity index (χ0n) is 5.30. The molecule has 0 aliphatic carbocycles. The van der Waals surface area contributed by atoms with Crippen molar-refractivity contribution in [1.29, 1.82) is 0 Å². The molecule has 0 saturated carbocycles. The Labute approximate surface area is 73.9 Å². The molecule has 0 rings (SSSR count). The van der Waals surface area contributed by atoms with Crippen LogP contribution in [0.25, 0.3) is 0 Å². The van der Waals surface area contributed by atoms with Crippen molar-refractivity contribution in [2.75, 3.05) is 0 Å². The van der Waals surface area contributed by atoms with E-state index in [1.807, 2.05) is 0 Å². The second-order valence-electron chi connectivity index (χ2n) is 0.346. The SMILES string of the molecule is OB(O)O.[Cl-].[H-].[Li+].[Li+]. The Hall–Kier alpha value is 1.43. The van der Waals surface area contributed by atoms with E-state index in [0.717, 1.165) is 0 Å². The summed E-state index contributed by atoms with van der Waals surface area (Å²) >= 11 is 0. The third-order valence-corrected chi connectivity index (χ3v) is 0. The van der Waals surface area contributed by atoms with E-state index in [4.69, 9.17) is 15.1 Å². The van der Waals surface area contributed by atoms with Gasteiger partial charge in [0.05, 0.1) is 0 Å². The number of rotatable bonds is 0. The van der Waals surface area contributed by atoms with E-state index in [1.165, 1.54) is 0 Å². The Balaban J connectivity index is -0.00000000750. The molecule has 7 heteroatoms. The fourth-order valence-electron chi connectivity index (χ4n) is 0. The molecule has 0 amide bonds. The zero-order chi connectivity index (χ0) is 3.58. The van der Waals surface area contributed by atoms with Crippen molar-refractivity contribution in [3.05, 3.63) is 0 Å². The normalized spacial score (nSPS) is 3.86. The van der Waals surface area contributed by atoms with Gasteiger partial charge in [-0.1, -0.05) is 0 Å². The summed E-state index contributed by atoms with van der Waals surface area (Å²) in [6, 6.07) is 0. The van der Waals surface area contributed by atoms with Crippen LogP contribution in [0.3, 0.4) is 0 Å². The minimum atomic E-state index is -2.17. The van der Waals surface area contributed by atoms with Crippen molar-refractivity contribution < 1.29 is 66.6 Å². The predicted octanol–water partition coefficient (Wildman–Crippen LogP) is -10.9. The number of halogens is 1. The molecule has 34 valence electrons. The summed E-state index contributed by atoms with van der Waals surface area (Å²) in [7, 11) is -2.17. The van der Waals surface area contributed by atoms with Crippen molar-refractivity contribution in [3.8, 4) is 0 Å². The maximum Gasteiger partial charge on any atom is 1.00 e. The van der Waals surface area contributed by atoms with Crippen molar-refractivity contribution in [1.82, 2.24) is 0 Å². The first-order chi connectivity index (χ1) is 1.73. The molecule has 0 aromatic heterocycles. The van der Waals surface area contributed by atoms with Gasteiger partial charge in [-0.25, -0.2) is 0 Å². The molecule has 0 spiro atoms. The zero-order valence-corrected chi connectivity index (χ0v) is 5.05. The van der Waals surface area contributed by atoms with Crippen LogP contribution in [0.5, 0.6) is 0 Å². The molecule has 0 aromatic rings. The van der Waals surface area contributed by atoms with Crippen molar-refractivity contribution >= 4 is 7.32 Å².